The highest BCUT2D eigenvalue weighted by Crippen LogP contribution is 2.25. The van der Waals surface area contributed by atoms with Crippen molar-refractivity contribution in [2.45, 2.75) is 25.8 Å². The lowest BCUT2D eigenvalue weighted by Crippen LogP contribution is -2.43. The Bertz CT molecular complexity index is 1070. The summed E-state index contributed by atoms with van der Waals surface area (Å²) in [6.45, 7) is 1.90. The molecule has 0 aromatic heterocycles. The first kappa shape index (κ1) is 21.9. The van der Waals surface area contributed by atoms with E-state index in [1.807, 2.05) is 0 Å². The van der Waals surface area contributed by atoms with Gasteiger partial charge >= 0.3 is 0 Å². The lowest BCUT2D eigenvalue weighted by molar-refractivity contribution is -0.385. The summed E-state index contributed by atoms with van der Waals surface area (Å²) in [6.07, 6.45) is 1.05. The molecule has 2 N–H and O–H groups in total. The van der Waals surface area contributed by atoms with Gasteiger partial charge in [-0.25, -0.2) is 4.39 Å². The van der Waals surface area contributed by atoms with Crippen LogP contribution in [-0.4, -0.2) is 47.2 Å². The maximum Gasteiger partial charge on any atom is 0.272 e. The maximum atomic E-state index is 13.8. The zero-order valence-corrected chi connectivity index (χ0v) is 17.0. The highest BCUT2D eigenvalue weighted by atomic mass is 19.1. The molecule has 31 heavy (non-hydrogen) atoms. The summed E-state index contributed by atoms with van der Waals surface area (Å²) in [5, 5.41) is 15.9. The summed E-state index contributed by atoms with van der Waals surface area (Å²) >= 11 is 0. The van der Waals surface area contributed by atoms with E-state index in [1.54, 1.807) is 6.92 Å². The Morgan fingerprint density at radius 3 is 2.58 bits per heavy atom. The number of nitrogens with one attached hydrogen (secondary N) is 2. The first-order valence-electron chi connectivity index (χ1n) is 9.61. The molecular weight excluding hydrogens is 407 g/mol. The van der Waals surface area contributed by atoms with E-state index >= 15 is 0 Å². The van der Waals surface area contributed by atoms with Crippen LogP contribution in [0.1, 0.15) is 39.1 Å². The predicted molar refractivity (Wildman–Crippen MR) is 110 cm³/mol. The van der Waals surface area contributed by atoms with Gasteiger partial charge in [-0.15, -0.1) is 0 Å². The Balaban J connectivity index is 1.78. The monoisotopic (exact) mass is 428 g/mol. The summed E-state index contributed by atoms with van der Waals surface area (Å²) in [5.41, 5.74) is 0.544. The fourth-order valence-corrected chi connectivity index (χ4v) is 3.58. The van der Waals surface area contributed by atoms with Crippen LogP contribution in [0.25, 0.3) is 0 Å². The van der Waals surface area contributed by atoms with E-state index in [9.17, 15) is 28.9 Å². The number of hydrogen-bond donors (Lipinski definition) is 2. The van der Waals surface area contributed by atoms with Gasteiger partial charge in [0.2, 0.25) is 5.91 Å². The van der Waals surface area contributed by atoms with E-state index < -0.39 is 34.5 Å². The van der Waals surface area contributed by atoms with E-state index in [-0.39, 0.29) is 22.5 Å². The van der Waals surface area contributed by atoms with Gasteiger partial charge in [-0.2, -0.15) is 0 Å². The molecule has 1 heterocycles. The second-order valence-corrected chi connectivity index (χ2v) is 7.18. The number of likely N-dealkylation sites (tertiary alicyclic amines) is 1. The molecule has 0 spiro atoms. The number of carbonyl (C=O) groups is 3. The quantitative estimate of drug-likeness (QED) is 0.560. The van der Waals surface area contributed by atoms with Crippen LogP contribution in [0, 0.1) is 22.9 Å². The minimum atomic E-state index is -0.753. The molecule has 1 saturated heterocycles. The number of benzene rings is 2. The largest absolute Gasteiger partial charge is 0.355 e. The van der Waals surface area contributed by atoms with Crippen molar-refractivity contribution < 1.29 is 23.7 Å². The number of anilines is 1. The van der Waals surface area contributed by atoms with Crippen molar-refractivity contribution in [3.63, 3.8) is 0 Å². The van der Waals surface area contributed by atoms with Crippen LogP contribution in [0.4, 0.5) is 15.8 Å². The third-order valence-electron chi connectivity index (χ3n) is 5.16. The molecular formula is C21H21FN4O5. The van der Waals surface area contributed by atoms with Gasteiger partial charge in [-0.05, 0) is 50.1 Å². The van der Waals surface area contributed by atoms with Crippen molar-refractivity contribution in [2.24, 2.45) is 0 Å². The van der Waals surface area contributed by atoms with Gasteiger partial charge in [0.05, 0.1) is 10.5 Å². The molecule has 2 aromatic rings. The van der Waals surface area contributed by atoms with E-state index in [1.165, 1.54) is 42.3 Å². The van der Waals surface area contributed by atoms with Crippen molar-refractivity contribution in [1.29, 1.82) is 0 Å². The lowest BCUT2D eigenvalue weighted by Gasteiger charge is -2.24. The van der Waals surface area contributed by atoms with E-state index in [4.69, 9.17) is 0 Å². The second-order valence-electron chi connectivity index (χ2n) is 7.18. The summed E-state index contributed by atoms with van der Waals surface area (Å²) < 4.78 is 13.8. The molecule has 9 nitrogen and oxygen atoms in total. The number of carbonyl (C=O) groups excluding carboxylic acids is 3. The van der Waals surface area contributed by atoms with Gasteiger partial charge in [0.1, 0.15) is 11.9 Å². The van der Waals surface area contributed by atoms with E-state index in [2.05, 4.69) is 10.6 Å². The second kappa shape index (κ2) is 8.90. The summed E-state index contributed by atoms with van der Waals surface area (Å²) in [7, 11) is 1.37. The molecule has 0 saturated carbocycles. The number of nitro groups is 1. The number of nitro benzene ring substituents is 1. The Morgan fingerprint density at radius 2 is 1.94 bits per heavy atom. The van der Waals surface area contributed by atoms with Crippen LogP contribution in [0.15, 0.2) is 36.4 Å². The Kier molecular flexibility index (Phi) is 6.28. The predicted octanol–water partition coefficient (Wildman–Crippen LogP) is 2.65. The Hall–Kier alpha value is -3.82. The number of aryl methyl sites for hydroxylation is 1. The molecule has 10 heteroatoms. The molecule has 3 rings (SSSR count). The Morgan fingerprint density at radius 1 is 1.19 bits per heavy atom. The SMILES string of the molecule is CNC(=O)c1cc(NC(=O)C2CCCN2C(=O)c2ccc([N+](=O)[O-])c(C)c2)ccc1F. The molecule has 0 aliphatic carbocycles. The van der Waals surface area contributed by atoms with Crippen molar-refractivity contribution in [3.8, 4) is 0 Å². The molecule has 0 bridgehead atoms. The summed E-state index contributed by atoms with van der Waals surface area (Å²) in [5.74, 6) is -2.21. The number of halogens is 1. The van der Waals surface area contributed by atoms with Gasteiger partial charge in [-0.1, -0.05) is 0 Å². The topological polar surface area (TPSA) is 122 Å². The van der Waals surface area contributed by atoms with Gasteiger partial charge < -0.3 is 15.5 Å². The van der Waals surface area contributed by atoms with Gasteiger partial charge in [0.15, 0.2) is 0 Å². The van der Waals surface area contributed by atoms with Crippen molar-refractivity contribution >= 4 is 29.1 Å². The van der Waals surface area contributed by atoms with Crippen LogP contribution in [0.3, 0.4) is 0 Å². The zero-order valence-electron chi connectivity index (χ0n) is 17.0. The molecule has 1 aliphatic heterocycles. The molecule has 1 unspecified atom stereocenters. The lowest BCUT2D eigenvalue weighted by atomic mass is 10.1. The van der Waals surface area contributed by atoms with Gasteiger partial charge in [0.25, 0.3) is 17.5 Å². The van der Waals surface area contributed by atoms with Crippen LogP contribution in [-0.2, 0) is 4.79 Å². The average Bonchev–Trinajstić information content (AvgIpc) is 3.23. The third-order valence-corrected chi connectivity index (χ3v) is 5.16. The van der Waals surface area contributed by atoms with Crippen LogP contribution >= 0.6 is 0 Å². The zero-order chi connectivity index (χ0) is 22.7. The molecule has 2 aromatic carbocycles. The number of rotatable bonds is 5. The van der Waals surface area contributed by atoms with Crippen LogP contribution in [0.2, 0.25) is 0 Å². The minimum Gasteiger partial charge on any atom is -0.355 e. The minimum absolute atomic E-state index is 0.0875. The third kappa shape index (κ3) is 4.52. The number of amides is 3. The molecule has 1 aliphatic rings. The summed E-state index contributed by atoms with van der Waals surface area (Å²) in [4.78, 5) is 49.4. The number of nitrogens with zero attached hydrogens (tertiary/aromatic N) is 2. The average molecular weight is 428 g/mol. The standard InChI is InChI=1S/C21H21FN4O5/c1-12-10-13(5-8-17(12)26(30)31)21(29)25-9-3-4-18(25)20(28)24-14-6-7-16(22)15(11-14)19(27)23-2/h5-8,10-11,18H,3-4,9H2,1-2H3,(H,23,27)(H,24,28). The molecule has 162 valence electrons. The smallest absolute Gasteiger partial charge is 0.272 e. The molecule has 1 fully saturated rings. The van der Waals surface area contributed by atoms with Crippen LogP contribution in [0.5, 0.6) is 0 Å². The first-order chi connectivity index (χ1) is 14.7. The Labute approximate surface area is 177 Å². The number of hydrogen-bond acceptors (Lipinski definition) is 5. The van der Waals surface area contributed by atoms with Crippen LogP contribution < -0.4 is 10.6 Å². The fraction of sp³-hybridized carbons (Fsp3) is 0.286. The van der Waals surface area contributed by atoms with E-state index in [0.29, 0.717) is 24.9 Å². The maximum absolute atomic E-state index is 13.8. The van der Waals surface area contributed by atoms with Gasteiger partial charge in [0, 0.05) is 36.5 Å². The summed E-state index contributed by atoms with van der Waals surface area (Å²) in [6, 6.07) is 6.97. The van der Waals surface area contributed by atoms with Gasteiger partial charge in [-0.3, -0.25) is 24.5 Å². The van der Waals surface area contributed by atoms with Crippen molar-refractivity contribution in [2.75, 3.05) is 18.9 Å². The first-order valence-corrected chi connectivity index (χ1v) is 9.61. The van der Waals surface area contributed by atoms with Crippen molar-refractivity contribution in [1.82, 2.24) is 10.2 Å². The van der Waals surface area contributed by atoms with Crippen molar-refractivity contribution in [3.05, 3.63) is 69.0 Å². The molecule has 3 amide bonds. The fourth-order valence-electron chi connectivity index (χ4n) is 3.58. The normalized spacial score (nSPS) is 15.5. The highest BCUT2D eigenvalue weighted by molar-refractivity contribution is 6.02. The molecule has 1 atom stereocenters. The highest BCUT2D eigenvalue weighted by Gasteiger charge is 2.35. The van der Waals surface area contributed by atoms with E-state index in [0.717, 1.165) is 6.07 Å². The molecule has 0 radical (unpaired) electrons.